The third kappa shape index (κ3) is 3.38. The summed E-state index contributed by atoms with van der Waals surface area (Å²) in [4.78, 5) is 0. The van der Waals surface area contributed by atoms with Crippen molar-refractivity contribution in [1.29, 1.82) is 0 Å². The molecule has 0 bridgehead atoms. The van der Waals surface area contributed by atoms with Crippen molar-refractivity contribution in [3.05, 3.63) is 126 Å². The Kier molecular flexibility index (Phi) is 4.94. The molecule has 1 saturated carbocycles. The Balaban J connectivity index is 1.74. The van der Waals surface area contributed by atoms with Gasteiger partial charge in [0.05, 0.1) is 0 Å². The molecule has 0 spiro atoms. The van der Waals surface area contributed by atoms with E-state index in [0.717, 1.165) is 6.42 Å². The zero-order chi connectivity index (χ0) is 19.5. The molecule has 143 valence electrons. The van der Waals surface area contributed by atoms with Crippen molar-refractivity contribution >= 4 is 10.8 Å². The van der Waals surface area contributed by atoms with Crippen LogP contribution in [0.2, 0.25) is 0 Å². The molecular formula is C29H27. The topological polar surface area (TPSA) is 0 Å². The summed E-state index contributed by atoms with van der Waals surface area (Å²) in [5, 5.41) is 2.75. The third-order valence-corrected chi connectivity index (χ3v) is 6.63. The van der Waals surface area contributed by atoms with Gasteiger partial charge in [-0.15, -0.1) is 0 Å². The SMILES string of the molecule is c1ccc(CC2(c3cccc4ccccc34)CCCC[C]2c2ccccc2)cc1. The van der Waals surface area contributed by atoms with Crippen molar-refractivity contribution in [3.8, 4) is 0 Å². The van der Waals surface area contributed by atoms with Crippen molar-refractivity contribution in [2.75, 3.05) is 0 Å². The monoisotopic (exact) mass is 375 g/mol. The molecule has 0 N–H and O–H groups in total. The van der Waals surface area contributed by atoms with E-state index >= 15 is 0 Å². The maximum absolute atomic E-state index is 2.39. The molecule has 0 aromatic heterocycles. The molecule has 1 radical (unpaired) electrons. The lowest BCUT2D eigenvalue weighted by atomic mass is 9.57. The van der Waals surface area contributed by atoms with Crippen LogP contribution in [0.25, 0.3) is 10.8 Å². The van der Waals surface area contributed by atoms with Crippen molar-refractivity contribution in [1.82, 2.24) is 0 Å². The predicted molar refractivity (Wildman–Crippen MR) is 123 cm³/mol. The van der Waals surface area contributed by atoms with Crippen LogP contribution in [0.1, 0.15) is 42.4 Å². The summed E-state index contributed by atoms with van der Waals surface area (Å²) >= 11 is 0. The van der Waals surface area contributed by atoms with Crippen LogP contribution in [0, 0.1) is 5.92 Å². The Bertz CT molecular complexity index is 1080. The standard InChI is InChI=1S/C29H27/c1-3-12-23(13-4-1)22-29(28-20-11-17-24-14-7-8-18-26(24)28)21-10-9-19-27(29)25-15-5-2-6-16-25/h1-8,11-18,20H,9-10,19,21-22H2. The minimum Gasteiger partial charge on any atom is -0.0622 e. The molecule has 0 nitrogen and oxygen atoms in total. The number of benzene rings is 4. The van der Waals surface area contributed by atoms with Gasteiger partial charge in [-0.2, -0.15) is 0 Å². The molecular weight excluding hydrogens is 348 g/mol. The van der Waals surface area contributed by atoms with Gasteiger partial charge in [-0.1, -0.05) is 116 Å². The summed E-state index contributed by atoms with van der Waals surface area (Å²) in [5.41, 5.74) is 4.38. The largest absolute Gasteiger partial charge is 0.0622 e. The Morgan fingerprint density at radius 3 is 2.14 bits per heavy atom. The van der Waals surface area contributed by atoms with Crippen LogP contribution in [0.5, 0.6) is 0 Å². The van der Waals surface area contributed by atoms with Gasteiger partial charge in [-0.25, -0.2) is 0 Å². The zero-order valence-corrected chi connectivity index (χ0v) is 16.9. The van der Waals surface area contributed by atoms with Gasteiger partial charge >= 0.3 is 0 Å². The maximum Gasteiger partial charge on any atom is 0.0159 e. The fraction of sp³-hybridized carbons (Fsp3) is 0.207. The Hall–Kier alpha value is -2.86. The highest BCUT2D eigenvalue weighted by molar-refractivity contribution is 5.87. The minimum atomic E-state index is 0.0435. The molecule has 0 heteroatoms. The van der Waals surface area contributed by atoms with Gasteiger partial charge in [0.1, 0.15) is 0 Å². The van der Waals surface area contributed by atoms with E-state index in [1.54, 1.807) is 5.92 Å². The Morgan fingerprint density at radius 1 is 0.621 bits per heavy atom. The second kappa shape index (κ2) is 7.87. The lowest BCUT2D eigenvalue weighted by Crippen LogP contribution is -2.39. The van der Waals surface area contributed by atoms with E-state index < -0.39 is 0 Å². The van der Waals surface area contributed by atoms with Crippen molar-refractivity contribution in [2.45, 2.75) is 37.5 Å². The molecule has 1 aliphatic carbocycles. The molecule has 0 amide bonds. The van der Waals surface area contributed by atoms with Gasteiger partial charge in [-0.3, -0.25) is 0 Å². The number of hydrogen-bond donors (Lipinski definition) is 0. The lowest BCUT2D eigenvalue weighted by Gasteiger charge is -2.45. The summed E-state index contributed by atoms with van der Waals surface area (Å²) in [5.74, 6) is 1.62. The third-order valence-electron chi connectivity index (χ3n) is 6.63. The highest BCUT2D eigenvalue weighted by Gasteiger charge is 2.44. The van der Waals surface area contributed by atoms with Gasteiger partial charge in [-0.05, 0) is 46.7 Å². The number of fused-ring (bicyclic) bond motifs is 1. The highest BCUT2D eigenvalue weighted by Crippen LogP contribution is 2.52. The highest BCUT2D eigenvalue weighted by atomic mass is 14.5. The van der Waals surface area contributed by atoms with Crippen LogP contribution >= 0.6 is 0 Å². The first-order valence-corrected chi connectivity index (χ1v) is 10.8. The van der Waals surface area contributed by atoms with E-state index in [1.807, 2.05) is 0 Å². The predicted octanol–water partition coefficient (Wildman–Crippen LogP) is 7.52. The normalized spacial score (nSPS) is 20.0. The average Bonchev–Trinajstić information content (AvgIpc) is 2.80. The van der Waals surface area contributed by atoms with Crippen LogP contribution in [-0.2, 0) is 11.8 Å². The fourth-order valence-corrected chi connectivity index (χ4v) is 5.35. The van der Waals surface area contributed by atoms with Crippen LogP contribution in [0.3, 0.4) is 0 Å². The smallest absolute Gasteiger partial charge is 0.0159 e. The number of rotatable bonds is 4. The molecule has 1 atom stereocenters. The van der Waals surface area contributed by atoms with Gasteiger partial charge < -0.3 is 0 Å². The van der Waals surface area contributed by atoms with E-state index in [2.05, 4.69) is 103 Å². The summed E-state index contributed by atoms with van der Waals surface area (Å²) in [6, 6.07) is 38.0. The van der Waals surface area contributed by atoms with E-state index in [0.29, 0.717) is 0 Å². The first-order chi connectivity index (χ1) is 14.4. The molecule has 0 heterocycles. The molecule has 29 heavy (non-hydrogen) atoms. The molecule has 4 aromatic carbocycles. The van der Waals surface area contributed by atoms with Gasteiger partial charge in [0.2, 0.25) is 0 Å². The van der Waals surface area contributed by atoms with Crippen molar-refractivity contribution in [3.63, 3.8) is 0 Å². The van der Waals surface area contributed by atoms with E-state index in [-0.39, 0.29) is 5.41 Å². The molecule has 4 aromatic rings. The van der Waals surface area contributed by atoms with E-state index in [1.165, 1.54) is 53.1 Å². The maximum atomic E-state index is 2.39. The Labute approximate surface area is 174 Å². The second-order valence-corrected chi connectivity index (χ2v) is 8.32. The molecule has 1 unspecified atom stereocenters. The molecule has 0 saturated heterocycles. The molecule has 1 fully saturated rings. The summed E-state index contributed by atoms with van der Waals surface area (Å²) in [6.07, 6.45) is 6.02. The summed E-state index contributed by atoms with van der Waals surface area (Å²) in [6.45, 7) is 0. The molecule has 5 rings (SSSR count). The van der Waals surface area contributed by atoms with Crippen molar-refractivity contribution < 1.29 is 0 Å². The second-order valence-electron chi connectivity index (χ2n) is 8.32. The van der Waals surface area contributed by atoms with Crippen molar-refractivity contribution in [2.24, 2.45) is 0 Å². The van der Waals surface area contributed by atoms with E-state index in [4.69, 9.17) is 0 Å². The van der Waals surface area contributed by atoms with Gasteiger partial charge in [0, 0.05) is 11.3 Å². The Morgan fingerprint density at radius 2 is 1.31 bits per heavy atom. The van der Waals surface area contributed by atoms with Crippen LogP contribution in [-0.4, -0.2) is 0 Å². The average molecular weight is 376 g/mol. The van der Waals surface area contributed by atoms with Crippen LogP contribution < -0.4 is 0 Å². The van der Waals surface area contributed by atoms with Crippen LogP contribution in [0.4, 0.5) is 0 Å². The molecule has 1 aliphatic rings. The van der Waals surface area contributed by atoms with Gasteiger partial charge in [0.15, 0.2) is 0 Å². The quantitative estimate of drug-likeness (QED) is 0.346. The van der Waals surface area contributed by atoms with Gasteiger partial charge in [0.25, 0.3) is 0 Å². The summed E-state index contributed by atoms with van der Waals surface area (Å²) in [7, 11) is 0. The van der Waals surface area contributed by atoms with Crippen LogP contribution in [0.15, 0.2) is 103 Å². The molecule has 0 aliphatic heterocycles. The lowest BCUT2D eigenvalue weighted by molar-refractivity contribution is 0.339. The zero-order valence-electron chi connectivity index (χ0n) is 16.9. The first kappa shape index (κ1) is 18.2. The minimum absolute atomic E-state index is 0.0435. The number of hydrogen-bond acceptors (Lipinski definition) is 0. The fourth-order valence-electron chi connectivity index (χ4n) is 5.35. The first-order valence-electron chi connectivity index (χ1n) is 10.8. The van der Waals surface area contributed by atoms with E-state index in [9.17, 15) is 0 Å². The summed E-state index contributed by atoms with van der Waals surface area (Å²) < 4.78 is 0.